The van der Waals surface area contributed by atoms with Gasteiger partial charge in [0.25, 0.3) is 0 Å². The van der Waals surface area contributed by atoms with E-state index in [2.05, 4.69) is 37.9 Å². The second-order valence-electron chi connectivity index (χ2n) is 5.99. The molecular formula is C15H32N2O. The lowest BCUT2D eigenvalue weighted by Gasteiger charge is -2.29. The lowest BCUT2D eigenvalue weighted by molar-refractivity contribution is 0.0466. The minimum Gasteiger partial charge on any atom is -0.377 e. The summed E-state index contributed by atoms with van der Waals surface area (Å²) in [6.07, 6.45) is 4.01. The molecule has 2 atom stereocenters. The zero-order chi connectivity index (χ0) is 13.4. The molecule has 1 fully saturated rings. The van der Waals surface area contributed by atoms with Gasteiger partial charge < -0.3 is 10.1 Å². The summed E-state index contributed by atoms with van der Waals surface area (Å²) in [7, 11) is 0. The van der Waals surface area contributed by atoms with Gasteiger partial charge >= 0.3 is 0 Å². The molecule has 0 amide bonds. The van der Waals surface area contributed by atoms with Crippen molar-refractivity contribution in [3.63, 3.8) is 0 Å². The lowest BCUT2D eigenvalue weighted by Crippen LogP contribution is -2.43. The van der Waals surface area contributed by atoms with E-state index in [0.717, 1.165) is 38.6 Å². The van der Waals surface area contributed by atoms with E-state index in [-0.39, 0.29) is 0 Å². The third-order valence-electron chi connectivity index (χ3n) is 3.80. The van der Waals surface area contributed by atoms with Gasteiger partial charge in [0, 0.05) is 32.3 Å². The van der Waals surface area contributed by atoms with Crippen LogP contribution in [0.25, 0.3) is 0 Å². The Kier molecular flexibility index (Phi) is 7.87. The number of rotatable bonds is 7. The average Bonchev–Trinajstić information content (AvgIpc) is 2.59. The average molecular weight is 256 g/mol. The van der Waals surface area contributed by atoms with Crippen LogP contribution in [0.3, 0.4) is 0 Å². The summed E-state index contributed by atoms with van der Waals surface area (Å²) in [5, 5.41) is 3.58. The Morgan fingerprint density at radius 3 is 2.78 bits per heavy atom. The highest BCUT2D eigenvalue weighted by Crippen LogP contribution is 2.11. The van der Waals surface area contributed by atoms with Crippen molar-refractivity contribution in [3.05, 3.63) is 0 Å². The van der Waals surface area contributed by atoms with E-state index in [0.29, 0.717) is 12.1 Å². The predicted molar refractivity (Wildman–Crippen MR) is 78.0 cm³/mol. The molecule has 1 rings (SSSR count). The molecule has 1 heterocycles. The van der Waals surface area contributed by atoms with Crippen LogP contribution in [0, 0.1) is 5.92 Å². The SMILES string of the molecule is CCC1CN(C(C)CNCCC(C)C)CCCO1. The smallest absolute Gasteiger partial charge is 0.0699 e. The van der Waals surface area contributed by atoms with Crippen molar-refractivity contribution in [3.8, 4) is 0 Å². The summed E-state index contributed by atoms with van der Waals surface area (Å²) in [6.45, 7) is 14.6. The summed E-state index contributed by atoms with van der Waals surface area (Å²) in [5.41, 5.74) is 0. The third kappa shape index (κ3) is 6.17. The Bertz CT molecular complexity index is 209. The van der Waals surface area contributed by atoms with Gasteiger partial charge in [-0.15, -0.1) is 0 Å². The zero-order valence-electron chi connectivity index (χ0n) is 12.7. The van der Waals surface area contributed by atoms with Crippen LogP contribution in [0.15, 0.2) is 0 Å². The fourth-order valence-corrected chi connectivity index (χ4v) is 2.40. The highest BCUT2D eigenvalue weighted by molar-refractivity contribution is 4.75. The maximum Gasteiger partial charge on any atom is 0.0699 e. The summed E-state index contributed by atoms with van der Waals surface area (Å²) in [5.74, 6) is 0.795. The van der Waals surface area contributed by atoms with E-state index < -0.39 is 0 Å². The molecule has 3 heteroatoms. The van der Waals surface area contributed by atoms with Crippen molar-refractivity contribution >= 4 is 0 Å². The first kappa shape index (κ1) is 15.9. The standard InChI is InChI=1S/C15H32N2O/c1-5-15-12-17(9-6-10-18-15)14(4)11-16-8-7-13(2)3/h13-16H,5-12H2,1-4H3. The highest BCUT2D eigenvalue weighted by Gasteiger charge is 2.20. The fraction of sp³-hybridized carbons (Fsp3) is 1.00. The van der Waals surface area contributed by atoms with Gasteiger partial charge in [0.15, 0.2) is 0 Å². The minimum atomic E-state index is 0.436. The van der Waals surface area contributed by atoms with Gasteiger partial charge in [-0.3, -0.25) is 4.90 Å². The predicted octanol–water partition coefficient (Wildman–Crippen LogP) is 2.51. The maximum absolute atomic E-state index is 5.83. The maximum atomic E-state index is 5.83. The highest BCUT2D eigenvalue weighted by atomic mass is 16.5. The van der Waals surface area contributed by atoms with E-state index in [9.17, 15) is 0 Å². The summed E-state index contributed by atoms with van der Waals surface area (Å²) in [4.78, 5) is 2.59. The molecular weight excluding hydrogens is 224 g/mol. The molecule has 108 valence electrons. The van der Waals surface area contributed by atoms with E-state index in [1.54, 1.807) is 0 Å². The minimum absolute atomic E-state index is 0.436. The first-order valence-corrected chi connectivity index (χ1v) is 7.69. The first-order valence-electron chi connectivity index (χ1n) is 7.69. The van der Waals surface area contributed by atoms with Gasteiger partial charge in [0.2, 0.25) is 0 Å². The van der Waals surface area contributed by atoms with Crippen LogP contribution >= 0.6 is 0 Å². The third-order valence-corrected chi connectivity index (χ3v) is 3.80. The number of hydrogen-bond donors (Lipinski definition) is 1. The zero-order valence-corrected chi connectivity index (χ0v) is 12.7. The Balaban J connectivity index is 2.24. The number of ether oxygens (including phenoxy) is 1. The number of nitrogens with one attached hydrogen (secondary N) is 1. The number of hydrogen-bond acceptors (Lipinski definition) is 3. The second kappa shape index (κ2) is 8.89. The van der Waals surface area contributed by atoms with Gasteiger partial charge in [0.05, 0.1) is 6.10 Å². The van der Waals surface area contributed by atoms with Gasteiger partial charge in [0.1, 0.15) is 0 Å². The summed E-state index contributed by atoms with van der Waals surface area (Å²) in [6, 6.07) is 0.618. The van der Waals surface area contributed by atoms with Crippen LogP contribution in [0.5, 0.6) is 0 Å². The van der Waals surface area contributed by atoms with Crippen LogP contribution in [0.4, 0.5) is 0 Å². The molecule has 1 N–H and O–H groups in total. The molecule has 0 aromatic carbocycles. The van der Waals surface area contributed by atoms with E-state index in [1.807, 2.05) is 0 Å². The molecule has 1 saturated heterocycles. The molecule has 18 heavy (non-hydrogen) atoms. The quantitative estimate of drug-likeness (QED) is 0.708. The van der Waals surface area contributed by atoms with E-state index in [1.165, 1.54) is 19.4 Å². The van der Waals surface area contributed by atoms with Crippen LogP contribution < -0.4 is 5.32 Å². The van der Waals surface area contributed by atoms with Gasteiger partial charge in [-0.2, -0.15) is 0 Å². The van der Waals surface area contributed by atoms with E-state index in [4.69, 9.17) is 4.74 Å². The molecule has 0 spiro atoms. The molecule has 3 nitrogen and oxygen atoms in total. The molecule has 1 aliphatic rings. The molecule has 0 radical (unpaired) electrons. The first-order chi connectivity index (χ1) is 8.63. The molecule has 1 aliphatic heterocycles. The van der Waals surface area contributed by atoms with Crippen molar-refractivity contribution in [2.24, 2.45) is 5.92 Å². The summed E-state index contributed by atoms with van der Waals surface area (Å²) >= 11 is 0. The molecule has 0 aliphatic carbocycles. The fourth-order valence-electron chi connectivity index (χ4n) is 2.40. The normalized spacial score (nSPS) is 24.2. The molecule has 0 saturated carbocycles. The van der Waals surface area contributed by atoms with Crippen LogP contribution in [-0.2, 0) is 4.74 Å². The van der Waals surface area contributed by atoms with Gasteiger partial charge in [-0.1, -0.05) is 20.8 Å². The van der Waals surface area contributed by atoms with Crippen molar-refractivity contribution in [1.82, 2.24) is 10.2 Å². The van der Waals surface area contributed by atoms with Gasteiger partial charge in [-0.25, -0.2) is 0 Å². The Hall–Kier alpha value is -0.120. The number of nitrogens with zero attached hydrogens (tertiary/aromatic N) is 1. The van der Waals surface area contributed by atoms with Crippen molar-refractivity contribution in [2.45, 2.75) is 59.1 Å². The lowest BCUT2D eigenvalue weighted by atomic mass is 10.1. The second-order valence-corrected chi connectivity index (χ2v) is 5.99. The molecule has 0 aromatic heterocycles. The molecule has 0 aromatic rings. The largest absolute Gasteiger partial charge is 0.377 e. The van der Waals surface area contributed by atoms with Crippen molar-refractivity contribution < 1.29 is 4.74 Å². The summed E-state index contributed by atoms with van der Waals surface area (Å²) < 4.78 is 5.83. The van der Waals surface area contributed by atoms with E-state index >= 15 is 0 Å². The molecule has 2 unspecified atom stereocenters. The monoisotopic (exact) mass is 256 g/mol. The van der Waals surface area contributed by atoms with Crippen LogP contribution in [-0.4, -0.2) is 49.8 Å². The topological polar surface area (TPSA) is 24.5 Å². The van der Waals surface area contributed by atoms with Crippen LogP contribution in [0.1, 0.15) is 47.0 Å². The molecule has 0 bridgehead atoms. The Morgan fingerprint density at radius 2 is 2.11 bits per heavy atom. The Labute approximate surface area is 113 Å². The van der Waals surface area contributed by atoms with Gasteiger partial charge in [-0.05, 0) is 38.6 Å². The van der Waals surface area contributed by atoms with Crippen molar-refractivity contribution in [2.75, 3.05) is 32.8 Å². The Morgan fingerprint density at radius 1 is 1.33 bits per heavy atom. The van der Waals surface area contributed by atoms with Crippen molar-refractivity contribution in [1.29, 1.82) is 0 Å². The van der Waals surface area contributed by atoms with Crippen LogP contribution in [0.2, 0.25) is 0 Å².